The van der Waals surface area contributed by atoms with E-state index in [0.717, 1.165) is 17.0 Å². The van der Waals surface area contributed by atoms with E-state index in [0.29, 0.717) is 18.0 Å². The number of nitrogens with zero attached hydrogens (tertiary/aromatic N) is 3. The number of rotatable bonds is 5. The van der Waals surface area contributed by atoms with Crippen molar-refractivity contribution in [2.75, 3.05) is 0 Å². The van der Waals surface area contributed by atoms with Crippen molar-refractivity contribution < 1.29 is 4.74 Å². The largest absolute Gasteiger partial charge is 0.485 e. The van der Waals surface area contributed by atoms with Gasteiger partial charge in [-0.1, -0.05) is 30.3 Å². The summed E-state index contributed by atoms with van der Waals surface area (Å²) < 4.78 is 7.76. The van der Waals surface area contributed by atoms with Gasteiger partial charge in [-0.25, -0.2) is 4.98 Å². The van der Waals surface area contributed by atoms with E-state index in [4.69, 9.17) is 21.6 Å². The Morgan fingerprint density at radius 3 is 2.73 bits per heavy atom. The number of ether oxygens (including phenoxy) is 1. The maximum atomic E-state index is 8.97. The molecule has 0 aliphatic heterocycles. The molecule has 0 saturated carbocycles. The van der Waals surface area contributed by atoms with Gasteiger partial charge in [-0.2, -0.15) is 5.26 Å². The maximum absolute atomic E-state index is 8.97. The van der Waals surface area contributed by atoms with Gasteiger partial charge in [0, 0.05) is 6.20 Å². The molecule has 3 rings (SSSR count). The van der Waals surface area contributed by atoms with E-state index < -0.39 is 0 Å². The van der Waals surface area contributed by atoms with Gasteiger partial charge >= 0.3 is 0 Å². The second-order valence-electron chi connectivity index (χ2n) is 4.81. The van der Waals surface area contributed by atoms with Crippen molar-refractivity contribution in [3.63, 3.8) is 0 Å². The van der Waals surface area contributed by atoms with E-state index in [2.05, 4.69) is 11.1 Å². The molecule has 5 heteroatoms. The van der Waals surface area contributed by atoms with Crippen LogP contribution >= 0.6 is 11.6 Å². The first-order valence-corrected chi connectivity index (χ1v) is 7.45. The lowest BCUT2D eigenvalue weighted by atomic mass is 10.2. The summed E-state index contributed by atoms with van der Waals surface area (Å²) in [7, 11) is 0. The monoisotopic (exact) mass is 311 g/mol. The van der Waals surface area contributed by atoms with E-state index in [1.807, 2.05) is 53.1 Å². The lowest BCUT2D eigenvalue weighted by Gasteiger charge is -2.07. The molecule has 0 radical (unpaired) electrons. The third kappa shape index (κ3) is 2.76. The summed E-state index contributed by atoms with van der Waals surface area (Å²) in [5.41, 5.74) is 3.32. The first-order chi connectivity index (χ1) is 10.8. The van der Waals surface area contributed by atoms with Gasteiger partial charge in [0.2, 0.25) is 0 Å². The van der Waals surface area contributed by atoms with Crippen LogP contribution in [0.4, 0.5) is 0 Å². The van der Waals surface area contributed by atoms with Crippen molar-refractivity contribution in [3.8, 4) is 11.8 Å². The van der Waals surface area contributed by atoms with Crippen LogP contribution in [0.3, 0.4) is 0 Å². The molecule has 0 atom stereocenters. The van der Waals surface area contributed by atoms with Crippen LogP contribution in [0.2, 0.25) is 0 Å². The molecule has 0 fully saturated rings. The number of pyridine rings is 1. The number of benzene rings is 1. The lowest BCUT2D eigenvalue weighted by molar-refractivity contribution is 0.308. The Hall–Kier alpha value is -2.51. The van der Waals surface area contributed by atoms with Crippen LogP contribution in [0, 0.1) is 11.3 Å². The number of imidazole rings is 1. The molecule has 0 spiro atoms. The van der Waals surface area contributed by atoms with Crippen molar-refractivity contribution in [2.24, 2.45) is 0 Å². The molecule has 0 aliphatic carbocycles. The third-order valence-electron chi connectivity index (χ3n) is 3.41. The molecule has 3 aromatic rings. The minimum absolute atomic E-state index is 0.269. The van der Waals surface area contributed by atoms with Crippen LogP contribution in [0.15, 0.2) is 48.7 Å². The van der Waals surface area contributed by atoms with Gasteiger partial charge < -0.3 is 4.74 Å². The third-order valence-corrected chi connectivity index (χ3v) is 3.66. The molecule has 2 aromatic heterocycles. The Kier molecular flexibility index (Phi) is 4.27. The fourth-order valence-electron chi connectivity index (χ4n) is 2.36. The average Bonchev–Trinajstić information content (AvgIpc) is 2.93. The molecule has 0 aliphatic rings. The average molecular weight is 312 g/mol. The van der Waals surface area contributed by atoms with Crippen molar-refractivity contribution in [2.45, 2.75) is 18.9 Å². The Bertz CT molecular complexity index is 821. The zero-order valence-corrected chi connectivity index (χ0v) is 12.6. The van der Waals surface area contributed by atoms with Crippen LogP contribution in [-0.4, -0.2) is 9.38 Å². The SMILES string of the molecule is N#CCc1c(CCl)nc2c(OCc3ccccc3)cccn12. The first kappa shape index (κ1) is 14.4. The Morgan fingerprint density at radius 1 is 1.18 bits per heavy atom. The van der Waals surface area contributed by atoms with Crippen LogP contribution < -0.4 is 4.74 Å². The number of fused-ring (bicyclic) bond motifs is 1. The standard InChI is InChI=1S/C17H14ClN3O/c18-11-14-15(8-9-19)21-10-4-7-16(17(21)20-14)22-12-13-5-2-1-3-6-13/h1-7,10H,8,11-12H2. The van der Waals surface area contributed by atoms with Crippen LogP contribution in [0.1, 0.15) is 17.0 Å². The molecular formula is C17H14ClN3O. The molecule has 0 saturated heterocycles. The summed E-state index contributed by atoms with van der Waals surface area (Å²) in [6, 6.07) is 15.9. The van der Waals surface area contributed by atoms with Crippen molar-refractivity contribution in [1.29, 1.82) is 5.26 Å². The highest BCUT2D eigenvalue weighted by Gasteiger charge is 2.14. The van der Waals surface area contributed by atoms with Crippen molar-refractivity contribution in [1.82, 2.24) is 9.38 Å². The maximum Gasteiger partial charge on any atom is 0.180 e. The van der Waals surface area contributed by atoms with Gasteiger partial charge in [-0.15, -0.1) is 11.6 Å². The summed E-state index contributed by atoms with van der Waals surface area (Å²) >= 11 is 5.94. The smallest absolute Gasteiger partial charge is 0.180 e. The molecule has 22 heavy (non-hydrogen) atoms. The molecule has 0 amide bonds. The Balaban J connectivity index is 1.95. The number of nitriles is 1. The Labute approximate surface area is 133 Å². The van der Waals surface area contributed by atoms with Crippen LogP contribution in [0.5, 0.6) is 5.75 Å². The van der Waals surface area contributed by atoms with Gasteiger partial charge in [0.25, 0.3) is 0 Å². The van der Waals surface area contributed by atoms with Gasteiger partial charge in [0.1, 0.15) is 6.61 Å². The number of aromatic nitrogens is 2. The molecule has 4 nitrogen and oxygen atoms in total. The van der Waals surface area contributed by atoms with Gasteiger partial charge in [-0.05, 0) is 17.7 Å². The fourth-order valence-corrected chi connectivity index (χ4v) is 2.57. The van der Waals surface area contributed by atoms with E-state index >= 15 is 0 Å². The zero-order chi connectivity index (χ0) is 15.4. The number of hydrogen-bond donors (Lipinski definition) is 0. The molecule has 0 bridgehead atoms. The minimum Gasteiger partial charge on any atom is -0.485 e. The number of halogens is 1. The normalized spacial score (nSPS) is 10.5. The highest BCUT2D eigenvalue weighted by molar-refractivity contribution is 6.17. The summed E-state index contributed by atoms with van der Waals surface area (Å²) in [5.74, 6) is 0.957. The van der Waals surface area contributed by atoms with Crippen LogP contribution in [0.25, 0.3) is 5.65 Å². The summed E-state index contributed by atoms with van der Waals surface area (Å²) in [4.78, 5) is 4.52. The predicted molar refractivity (Wildman–Crippen MR) is 84.8 cm³/mol. The second kappa shape index (κ2) is 6.50. The van der Waals surface area contributed by atoms with E-state index in [1.54, 1.807) is 0 Å². The molecule has 1 aromatic carbocycles. The zero-order valence-electron chi connectivity index (χ0n) is 11.9. The van der Waals surface area contributed by atoms with E-state index in [9.17, 15) is 0 Å². The van der Waals surface area contributed by atoms with Crippen molar-refractivity contribution >= 4 is 17.2 Å². The predicted octanol–water partition coefficient (Wildman–Crippen LogP) is 3.72. The quantitative estimate of drug-likeness (QED) is 0.675. The highest BCUT2D eigenvalue weighted by atomic mass is 35.5. The Morgan fingerprint density at radius 2 is 2.00 bits per heavy atom. The summed E-state index contributed by atoms with van der Waals surface area (Å²) in [5, 5.41) is 8.97. The summed E-state index contributed by atoms with van der Waals surface area (Å²) in [6.45, 7) is 0.469. The summed E-state index contributed by atoms with van der Waals surface area (Å²) in [6.07, 6.45) is 2.14. The van der Waals surface area contributed by atoms with Crippen LogP contribution in [-0.2, 0) is 18.9 Å². The topological polar surface area (TPSA) is 50.3 Å². The second-order valence-corrected chi connectivity index (χ2v) is 5.08. The molecule has 0 N–H and O–H groups in total. The molecule has 110 valence electrons. The molecule has 0 unspecified atom stereocenters. The van der Waals surface area contributed by atoms with Gasteiger partial charge in [-0.3, -0.25) is 4.40 Å². The minimum atomic E-state index is 0.269. The highest BCUT2D eigenvalue weighted by Crippen LogP contribution is 2.24. The molecule has 2 heterocycles. The first-order valence-electron chi connectivity index (χ1n) is 6.92. The molecular weight excluding hydrogens is 298 g/mol. The van der Waals surface area contributed by atoms with Crippen molar-refractivity contribution in [3.05, 3.63) is 65.6 Å². The van der Waals surface area contributed by atoms with E-state index in [1.165, 1.54) is 0 Å². The number of alkyl halides is 1. The lowest BCUT2D eigenvalue weighted by Crippen LogP contribution is -1.98. The number of hydrogen-bond acceptors (Lipinski definition) is 3. The van der Waals surface area contributed by atoms with E-state index in [-0.39, 0.29) is 12.3 Å². The van der Waals surface area contributed by atoms with Gasteiger partial charge in [0.15, 0.2) is 11.4 Å². The fraction of sp³-hybridized carbons (Fsp3) is 0.176. The van der Waals surface area contributed by atoms with Gasteiger partial charge in [0.05, 0.1) is 29.8 Å².